The lowest BCUT2D eigenvalue weighted by Gasteiger charge is -2.36. The van der Waals surface area contributed by atoms with E-state index in [9.17, 15) is 24.0 Å². The number of likely N-dealkylation sites (tertiary alicyclic amines) is 1. The molecule has 10 nitrogen and oxygen atoms in total. The summed E-state index contributed by atoms with van der Waals surface area (Å²) in [4.78, 5) is 68.4. The molecule has 180 valence electrons. The third kappa shape index (κ3) is 4.12. The van der Waals surface area contributed by atoms with E-state index in [2.05, 4.69) is 15.5 Å². The summed E-state index contributed by atoms with van der Waals surface area (Å²) in [5.41, 5.74) is 1.34. The Morgan fingerprint density at radius 1 is 1.00 bits per heavy atom. The van der Waals surface area contributed by atoms with Crippen molar-refractivity contribution in [3.8, 4) is 0 Å². The molecule has 4 heterocycles. The van der Waals surface area contributed by atoms with Crippen LogP contribution in [-0.4, -0.2) is 89.5 Å². The summed E-state index contributed by atoms with van der Waals surface area (Å²) in [6.45, 7) is 4.98. The van der Waals surface area contributed by atoms with E-state index >= 15 is 0 Å². The summed E-state index contributed by atoms with van der Waals surface area (Å²) in [7, 11) is 0. The molecule has 4 aliphatic rings. The number of piperidine rings is 2. The summed E-state index contributed by atoms with van der Waals surface area (Å²) >= 11 is 0. The van der Waals surface area contributed by atoms with Gasteiger partial charge in [0.25, 0.3) is 11.8 Å². The normalized spacial score (nSPS) is 26.0. The maximum atomic E-state index is 13.3. The Bertz CT molecular complexity index is 1050. The Balaban J connectivity index is 1.32. The van der Waals surface area contributed by atoms with Gasteiger partial charge in [-0.2, -0.15) is 0 Å². The van der Waals surface area contributed by atoms with E-state index in [0.717, 1.165) is 56.0 Å². The molecule has 4 aliphatic heterocycles. The zero-order valence-electron chi connectivity index (χ0n) is 19.0. The zero-order chi connectivity index (χ0) is 23.8. The lowest BCUT2D eigenvalue weighted by atomic mass is 9.95. The molecule has 0 radical (unpaired) electrons. The summed E-state index contributed by atoms with van der Waals surface area (Å²) in [6, 6.07) is 4.21. The Hall–Kier alpha value is -3.11. The molecule has 0 bridgehead atoms. The summed E-state index contributed by atoms with van der Waals surface area (Å²) in [5, 5.41) is 5.49. The van der Waals surface area contributed by atoms with Crippen molar-refractivity contribution in [1.29, 1.82) is 0 Å². The molecule has 0 saturated carbocycles. The Morgan fingerprint density at radius 2 is 1.79 bits per heavy atom. The minimum Gasteiger partial charge on any atom is -0.340 e. The van der Waals surface area contributed by atoms with Gasteiger partial charge in [0.05, 0.1) is 17.0 Å². The van der Waals surface area contributed by atoms with Gasteiger partial charge < -0.3 is 10.2 Å². The first-order valence-corrected chi connectivity index (χ1v) is 12.0. The van der Waals surface area contributed by atoms with Gasteiger partial charge in [-0.15, -0.1) is 0 Å². The monoisotopic (exact) mass is 467 g/mol. The van der Waals surface area contributed by atoms with E-state index in [1.165, 1.54) is 0 Å². The first kappa shape index (κ1) is 22.7. The number of nitrogens with one attached hydrogen (secondary N) is 2. The fraction of sp³-hybridized carbons (Fsp3) is 0.542. The van der Waals surface area contributed by atoms with Crippen LogP contribution in [0.5, 0.6) is 0 Å². The second-order valence-corrected chi connectivity index (χ2v) is 9.44. The lowest BCUT2D eigenvalue weighted by molar-refractivity contribution is -0.138. The Kier molecular flexibility index (Phi) is 6.18. The molecule has 2 unspecified atom stereocenters. The van der Waals surface area contributed by atoms with E-state index in [4.69, 9.17) is 0 Å². The van der Waals surface area contributed by atoms with E-state index in [-0.39, 0.29) is 30.2 Å². The van der Waals surface area contributed by atoms with Crippen molar-refractivity contribution in [1.82, 2.24) is 25.3 Å². The largest absolute Gasteiger partial charge is 0.340 e. The predicted octanol–water partition coefficient (Wildman–Crippen LogP) is -0.268. The fourth-order valence-electron chi connectivity index (χ4n) is 5.50. The number of piperazine rings is 1. The van der Waals surface area contributed by atoms with Crippen LogP contribution in [0.15, 0.2) is 18.2 Å². The van der Waals surface area contributed by atoms with Crippen molar-refractivity contribution in [2.75, 3.05) is 39.3 Å². The standard InChI is InChI=1S/C24H29N5O5/c30-19-7-6-18(21(31)26-19)29-23(33)17-5-1-3-15(20(17)24(29)34)13-27-10-2-4-16(14-27)22(32)28-11-8-25-9-12-28/h1,3,5,16,18,25H,2,4,6-14H2,(H,26,30,31). The Labute approximate surface area is 197 Å². The van der Waals surface area contributed by atoms with Crippen molar-refractivity contribution >= 4 is 29.5 Å². The topological polar surface area (TPSA) is 119 Å². The second kappa shape index (κ2) is 9.27. The van der Waals surface area contributed by atoms with Crippen LogP contribution in [0.1, 0.15) is 52.0 Å². The highest BCUT2D eigenvalue weighted by Crippen LogP contribution is 2.31. The van der Waals surface area contributed by atoms with Crippen LogP contribution in [-0.2, 0) is 20.9 Å². The van der Waals surface area contributed by atoms with Crippen LogP contribution in [0, 0.1) is 5.92 Å². The number of nitrogens with zero attached hydrogens (tertiary/aromatic N) is 3. The number of benzene rings is 1. The maximum absolute atomic E-state index is 13.3. The average molecular weight is 468 g/mol. The predicted molar refractivity (Wildman–Crippen MR) is 121 cm³/mol. The van der Waals surface area contributed by atoms with Crippen LogP contribution in [0.2, 0.25) is 0 Å². The molecule has 10 heteroatoms. The van der Waals surface area contributed by atoms with Gasteiger partial charge in [-0.05, 0) is 37.4 Å². The third-order valence-electron chi connectivity index (χ3n) is 7.23. The lowest BCUT2D eigenvalue weighted by Crippen LogP contribution is -2.54. The van der Waals surface area contributed by atoms with Crippen molar-refractivity contribution in [2.24, 2.45) is 5.92 Å². The van der Waals surface area contributed by atoms with E-state index in [1.54, 1.807) is 12.1 Å². The van der Waals surface area contributed by atoms with Crippen molar-refractivity contribution < 1.29 is 24.0 Å². The Morgan fingerprint density at radius 3 is 2.56 bits per heavy atom. The van der Waals surface area contributed by atoms with Gasteiger partial charge in [0.1, 0.15) is 6.04 Å². The summed E-state index contributed by atoms with van der Waals surface area (Å²) in [5.74, 6) is -1.87. The molecular weight excluding hydrogens is 438 g/mol. The molecule has 2 N–H and O–H groups in total. The summed E-state index contributed by atoms with van der Waals surface area (Å²) in [6.07, 6.45) is 1.97. The number of rotatable bonds is 4. The van der Waals surface area contributed by atoms with Gasteiger partial charge in [-0.1, -0.05) is 12.1 Å². The van der Waals surface area contributed by atoms with E-state index < -0.39 is 29.7 Å². The van der Waals surface area contributed by atoms with Crippen molar-refractivity contribution in [3.63, 3.8) is 0 Å². The SMILES string of the molecule is O=C1CCC(N2C(=O)c3cccc(CN4CCCC(C(=O)N5CCNCC5)C4)c3C2=O)C(=O)N1. The molecular formula is C24H29N5O5. The molecule has 5 amide bonds. The van der Waals surface area contributed by atoms with Gasteiger partial charge in [-0.25, -0.2) is 0 Å². The van der Waals surface area contributed by atoms with Crippen molar-refractivity contribution in [3.05, 3.63) is 34.9 Å². The minimum atomic E-state index is -0.978. The number of carbonyl (C=O) groups excluding carboxylic acids is 5. The molecule has 1 aromatic rings. The van der Waals surface area contributed by atoms with Crippen LogP contribution in [0.25, 0.3) is 0 Å². The number of hydrogen-bond acceptors (Lipinski definition) is 7. The molecule has 3 saturated heterocycles. The smallest absolute Gasteiger partial charge is 0.262 e. The molecule has 0 spiro atoms. The minimum absolute atomic E-state index is 0.0686. The zero-order valence-corrected chi connectivity index (χ0v) is 19.0. The molecule has 3 fully saturated rings. The summed E-state index contributed by atoms with van der Waals surface area (Å²) < 4.78 is 0. The number of hydrogen-bond donors (Lipinski definition) is 2. The van der Waals surface area contributed by atoms with Gasteiger partial charge in [0.15, 0.2) is 0 Å². The third-order valence-corrected chi connectivity index (χ3v) is 7.23. The van der Waals surface area contributed by atoms with Gasteiger partial charge in [0, 0.05) is 45.7 Å². The number of amides is 5. The fourth-order valence-corrected chi connectivity index (χ4v) is 5.50. The molecule has 2 atom stereocenters. The molecule has 34 heavy (non-hydrogen) atoms. The number of imide groups is 2. The van der Waals surface area contributed by atoms with Crippen LogP contribution < -0.4 is 10.6 Å². The van der Waals surface area contributed by atoms with Gasteiger partial charge in [-0.3, -0.25) is 39.1 Å². The number of fused-ring (bicyclic) bond motifs is 1. The van der Waals surface area contributed by atoms with Gasteiger partial charge >= 0.3 is 0 Å². The highest BCUT2D eigenvalue weighted by atomic mass is 16.2. The van der Waals surface area contributed by atoms with Gasteiger partial charge in [0.2, 0.25) is 17.7 Å². The quantitative estimate of drug-likeness (QED) is 0.585. The second-order valence-electron chi connectivity index (χ2n) is 9.44. The highest BCUT2D eigenvalue weighted by molar-refractivity contribution is 6.24. The average Bonchev–Trinajstić information content (AvgIpc) is 3.10. The molecule has 1 aromatic carbocycles. The number of carbonyl (C=O) groups is 5. The van der Waals surface area contributed by atoms with Crippen LogP contribution in [0.4, 0.5) is 0 Å². The van der Waals surface area contributed by atoms with E-state index in [1.807, 2.05) is 11.0 Å². The molecule has 0 aromatic heterocycles. The van der Waals surface area contributed by atoms with Crippen molar-refractivity contribution in [2.45, 2.75) is 38.3 Å². The van der Waals surface area contributed by atoms with Crippen LogP contribution in [0.3, 0.4) is 0 Å². The molecule has 5 rings (SSSR count). The maximum Gasteiger partial charge on any atom is 0.262 e. The first-order valence-electron chi connectivity index (χ1n) is 12.0. The highest BCUT2D eigenvalue weighted by Gasteiger charge is 2.45. The van der Waals surface area contributed by atoms with E-state index in [0.29, 0.717) is 18.7 Å². The molecule has 0 aliphatic carbocycles. The van der Waals surface area contributed by atoms with Crippen LogP contribution >= 0.6 is 0 Å². The first-order chi connectivity index (χ1) is 16.4.